The molecule has 0 aliphatic carbocycles. The average Bonchev–Trinajstić information content (AvgIpc) is 3.83. The number of rotatable bonds is 7. The summed E-state index contributed by atoms with van der Waals surface area (Å²) >= 11 is 0. The minimum absolute atomic E-state index is 0.862. The van der Waals surface area contributed by atoms with Gasteiger partial charge in [-0.3, -0.25) is 0 Å². The number of para-hydroxylation sites is 2. The molecule has 0 saturated heterocycles. The minimum Gasteiger partial charge on any atom is -0.456 e. The first-order valence-corrected chi connectivity index (χ1v) is 19.4. The molecule has 0 fully saturated rings. The van der Waals surface area contributed by atoms with Gasteiger partial charge in [-0.2, -0.15) is 0 Å². The highest BCUT2D eigenvalue weighted by atomic mass is 16.3. The fraction of sp³-hybridized carbons (Fsp3) is 0. The van der Waals surface area contributed by atoms with Crippen LogP contribution in [0.4, 0.5) is 17.1 Å². The van der Waals surface area contributed by atoms with Crippen LogP contribution in [0.1, 0.15) is 0 Å². The lowest BCUT2D eigenvalue weighted by Gasteiger charge is -2.26. The van der Waals surface area contributed by atoms with Gasteiger partial charge in [0.15, 0.2) is 0 Å². The molecule has 0 radical (unpaired) electrons. The fourth-order valence-electron chi connectivity index (χ4n) is 8.60. The van der Waals surface area contributed by atoms with Gasteiger partial charge in [-0.1, -0.05) is 146 Å². The van der Waals surface area contributed by atoms with Crippen molar-refractivity contribution >= 4 is 60.8 Å². The predicted octanol–water partition coefficient (Wildman–Crippen LogP) is 15.2. The van der Waals surface area contributed by atoms with Gasteiger partial charge in [0.1, 0.15) is 11.2 Å². The molecule has 0 aliphatic heterocycles. The normalized spacial score (nSPS) is 11.5. The van der Waals surface area contributed by atoms with Crippen LogP contribution in [0, 0.1) is 0 Å². The predicted molar refractivity (Wildman–Crippen MR) is 239 cm³/mol. The summed E-state index contributed by atoms with van der Waals surface area (Å²) in [7, 11) is 0. The van der Waals surface area contributed by atoms with E-state index in [1.807, 2.05) is 12.1 Å². The summed E-state index contributed by atoms with van der Waals surface area (Å²) in [5, 5.41) is 4.63. The standard InChI is InChI=1S/C54H36N2O/c1-4-15-37(16-5-1)38-27-29-41(30-28-38)55(43-31-33-47-46-23-12-13-26-52(46)57-53(47)36-43)42-32-34-50-49(35-42)54-48(24-14-25-51(54)56(50)40-19-8-3-9-20-40)45-22-11-10-21-44(45)39-17-6-2-7-18-39/h1-36H. The van der Waals surface area contributed by atoms with E-state index in [-0.39, 0.29) is 0 Å². The maximum Gasteiger partial charge on any atom is 0.137 e. The Morgan fingerprint density at radius 2 is 0.912 bits per heavy atom. The zero-order valence-corrected chi connectivity index (χ0v) is 31.1. The molecule has 0 bridgehead atoms. The average molecular weight is 729 g/mol. The Labute approximate surface area is 330 Å². The maximum atomic E-state index is 6.45. The summed E-state index contributed by atoms with van der Waals surface area (Å²) in [5.41, 5.74) is 15.5. The SMILES string of the molecule is c1ccc(-c2ccc(N(c3ccc4c(c3)oc3ccccc34)c3ccc4c(c3)c3c(-c5ccccc5-c5ccccc5)cccc3n4-c3ccccc3)cc2)cc1. The van der Waals surface area contributed by atoms with E-state index in [1.165, 1.54) is 44.2 Å². The number of benzene rings is 9. The Hall–Kier alpha value is -7.62. The van der Waals surface area contributed by atoms with E-state index in [9.17, 15) is 0 Å². The van der Waals surface area contributed by atoms with Gasteiger partial charge in [0.25, 0.3) is 0 Å². The van der Waals surface area contributed by atoms with Crippen molar-refractivity contribution in [2.24, 2.45) is 0 Å². The van der Waals surface area contributed by atoms with Crippen LogP contribution in [-0.4, -0.2) is 4.57 Å². The summed E-state index contributed by atoms with van der Waals surface area (Å²) in [6.07, 6.45) is 0. The van der Waals surface area contributed by atoms with Crippen LogP contribution in [0.15, 0.2) is 223 Å². The molecule has 0 aliphatic rings. The molecule has 0 saturated carbocycles. The summed E-state index contributed by atoms with van der Waals surface area (Å²) in [5.74, 6) is 0. The van der Waals surface area contributed by atoms with Gasteiger partial charge in [-0.05, 0) is 100 Å². The zero-order chi connectivity index (χ0) is 37.7. The first kappa shape index (κ1) is 32.8. The number of hydrogen-bond donors (Lipinski definition) is 0. The monoisotopic (exact) mass is 728 g/mol. The first-order chi connectivity index (χ1) is 28.3. The van der Waals surface area contributed by atoms with E-state index < -0.39 is 0 Å². The summed E-state index contributed by atoms with van der Waals surface area (Å²) in [4.78, 5) is 2.35. The summed E-state index contributed by atoms with van der Waals surface area (Å²) in [6.45, 7) is 0. The molecule has 3 nitrogen and oxygen atoms in total. The van der Waals surface area contributed by atoms with Crippen molar-refractivity contribution in [1.82, 2.24) is 4.57 Å². The van der Waals surface area contributed by atoms with Crippen molar-refractivity contribution in [3.8, 4) is 39.1 Å². The van der Waals surface area contributed by atoms with E-state index in [2.05, 4.69) is 216 Å². The van der Waals surface area contributed by atoms with Crippen LogP contribution >= 0.6 is 0 Å². The third-order valence-corrected chi connectivity index (χ3v) is 11.2. The van der Waals surface area contributed by atoms with E-state index >= 15 is 0 Å². The second kappa shape index (κ2) is 13.6. The molecule has 3 heteroatoms. The van der Waals surface area contributed by atoms with E-state index in [1.54, 1.807) is 0 Å². The van der Waals surface area contributed by atoms with Crippen molar-refractivity contribution in [2.75, 3.05) is 4.90 Å². The summed E-state index contributed by atoms with van der Waals surface area (Å²) in [6, 6.07) is 78.1. The summed E-state index contributed by atoms with van der Waals surface area (Å²) < 4.78 is 8.86. The Morgan fingerprint density at radius 1 is 0.333 bits per heavy atom. The van der Waals surface area contributed by atoms with Crippen molar-refractivity contribution in [3.63, 3.8) is 0 Å². The molecule has 57 heavy (non-hydrogen) atoms. The van der Waals surface area contributed by atoms with Gasteiger partial charge in [-0.15, -0.1) is 0 Å². The second-order valence-electron chi connectivity index (χ2n) is 14.5. The van der Waals surface area contributed by atoms with Crippen LogP contribution in [-0.2, 0) is 0 Å². The van der Waals surface area contributed by atoms with Crippen LogP contribution in [0.5, 0.6) is 0 Å². The third kappa shape index (κ3) is 5.60. The largest absolute Gasteiger partial charge is 0.456 e. The molecule has 11 aromatic rings. The Balaban J connectivity index is 1.17. The minimum atomic E-state index is 0.862. The molecule has 0 atom stereocenters. The Kier molecular flexibility index (Phi) is 7.82. The van der Waals surface area contributed by atoms with Crippen LogP contribution in [0.3, 0.4) is 0 Å². The van der Waals surface area contributed by atoms with E-state index in [4.69, 9.17) is 4.42 Å². The molecule has 11 rings (SSSR count). The topological polar surface area (TPSA) is 21.3 Å². The molecule has 9 aromatic carbocycles. The van der Waals surface area contributed by atoms with Crippen molar-refractivity contribution in [3.05, 3.63) is 218 Å². The first-order valence-electron chi connectivity index (χ1n) is 19.4. The molecular weight excluding hydrogens is 693 g/mol. The lowest BCUT2D eigenvalue weighted by Crippen LogP contribution is -2.09. The Bertz CT molecular complexity index is 3220. The molecule has 268 valence electrons. The molecule has 0 amide bonds. The highest BCUT2D eigenvalue weighted by Gasteiger charge is 2.21. The van der Waals surface area contributed by atoms with Gasteiger partial charge in [0.2, 0.25) is 0 Å². The lowest BCUT2D eigenvalue weighted by atomic mass is 9.92. The lowest BCUT2D eigenvalue weighted by molar-refractivity contribution is 0.669. The highest BCUT2D eigenvalue weighted by molar-refractivity contribution is 6.18. The van der Waals surface area contributed by atoms with Gasteiger partial charge in [0, 0.05) is 50.4 Å². The van der Waals surface area contributed by atoms with Crippen molar-refractivity contribution in [2.45, 2.75) is 0 Å². The van der Waals surface area contributed by atoms with Crippen molar-refractivity contribution in [1.29, 1.82) is 0 Å². The van der Waals surface area contributed by atoms with E-state index in [0.29, 0.717) is 0 Å². The number of fused-ring (bicyclic) bond motifs is 6. The number of anilines is 3. The van der Waals surface area contributed by atoms with Gasteiger partial charge >= 0.3 is 0 Å². The Morgan fingerprint density at radius 3 is 1.70 bits per heavy atom. The number of aromatic nitrogens is 1. The highest BCUT2D eigenvalue weighted by Crippen LogP contribution is 2.45. The fourth-order valence-corrected chi connectivity index (χ4v) is 8.60. The number of nitrogens with zero attached hydrogens (tertiary/aromatic N) is 2. The number of furan rings is 1. The molecule has 2 aromatic heterocycles. The van der Waals surface area contributed by atoms with Gasteiger partial charge in [0.05, 0.1) is 11.0 Å². The molecule has 0 N–H and O–H groups in total. The van der Waals surface area contributed by atoms with Gasteiger partial charge in [-0.25, -0.2) is 0 Å². The zero-order valence-electron chi connectivity index (χ0n) is 31.1. The van der Waals surface area contributed by atoms with Gasteiger partial charge < -0.3 is 13.9 Å². The van der Waals surface area contributed by atoms with E-state index in [0.717, 1.165) is 55.7 Å². The van der Waals surface area contributed by atoms with Crippen LogP contribution < -0.4 is 4.90 Å². The maximum absolute atomic E-state index is 6.45. The van der Waals surface area contributed by atoms with Crippen LogP contribution in [0.25, 0.3) is 82.8 Å². The van der Waals surface area contributed by atoms with Crippen molar-refractivity contribution < 1.29 is 4.42 Å². The molecular formula is C54H36N2O. The molecule has 0 spiro atoms. The second-order valence-corrected chi connectivity index (χ2v) is 14.5. The molecule has 0 unspecified atom stereocenters. The quantitative estimate of drug-likeness (QED) is 0.163. The number of hydrogen-bond acceptors (Lipinski definition) is 2. The smallest absolute Gasteiger partial charge is 0.137 e. The third-order valence-electron chi connectivity index (χ3n) is 11.2. The van der Waals surface area contributed by atoms with Crippen LogP contribution in [0.2, 0.25) is 0 Å². The molecule has 2 heterocycles.